The lowest BCUT2D eigenvalue weighted by atomic mass is 10.2. The van der Waals surface area contributed by atoms with E-state index in [-0.39, 0.29) is 0 Å². The van der Waals surface area contributed by atoms with Crippen molar-refractivity contribution in [1.82, 2.24) is 0 Å². The van der Waals surface area contributed by atoms with Gasteiger partial charge in [-0.05, 0) is 30.7 Å². The third-order valence-corrected chi connectivity index (χ3v) is 2.04. The summed E-state index contributed by atoms with van der Waals surface area (Å²) in [5.41, 5.74) is 0.619. The van der Waals surface area contributed by atoms with Crippen molar-refractivity contribution in [2.75, 3.05) is 13.2 Å². The standard InChI is InChI=1S/C13H14O6/c1-2-18-11-7-9(4-6-12(14)15)3-5-10(11)19-8-13(16)17/h3-7H,2,8H2,1H3,(H,14,15)(H,16,17). The van der Waals surface area contributed by atoms with Gasteiger partial charge in [-0.2, -0.15) is 0 Å². The largest absolute Gasteiger partial charge is 0.490 e. The first-order chi connectivity index (χ1) is 9.02. The zero-order chi connectivity index (χ0) is 14.3. The van der Waals surface area contributed by atoms with Crippen LogP contribution in [0.3, 0.4) is 0 Å². The minimum Gasteiger partial charge on any atom is -0.490 e. The van der Waals surface area contributed by atoms with Gasteiger partial charge in [-0.15, -0.1) is 0 Å². The van der Waals surface area contributed by atoms with E-state index in [4.69, 9.17) is 19.7 Å². The molecule has 0 heterocycles. The number of benzene rings is 1. The Hall–Kier alpha value is -2.50. The van der Waals surface area contributed by atoms with E-state index in [0.717, 1.165) is 6.08 Å². The highest BCUT2D eigenvalue weighted by Crippen LogP contribution is 2.29. The maximum Gasteiger partial charge on any atom is 0.341 e. The fraction of sp³-hybridized carbons (Fsp3) is 0.231. The summed E-state index contributed by atoms with van der Waals surface area (Å²) in [5.74, 6) is -1.46. The fourth-order valence-corrected chi connectivity index (χ4v) is 1.32. The van der Waals surface area contributed by atoms with Crippen molar-refractivity contribution >= 4 is 18.0 Å². The molecule has 0 aliphatic heterocycles. The number of hydrogen-bond acceptors (Lipinski definition) is 4. The van der Waals surface area contributed by atoms with Crippen LogP contribution >= 0.6 is 0 Å². The van der Waals surface area contributed by atoms with Crippen LogP contribution in [0.4, 0.5) is 0 Å². The van der Waals surface area contributed by atoms with E-state index in [0.29, 0.717) is 23.7 Å². The normalized spacial score (nSPS) is 10.4. The summed E-state index contributed by atoms with van der Waals surface area (Å²) < 4.78 is 10.4. The van der Waals surface area contributed by atoms with Gasteiger partial charge in [-0.1, -0.05) is 6.07 Å². The summed E-state index contributed by atoms with van der Waals surface area (Å²) in [6.07, 6.45) is 2.41. The molecule has 6 heteroatoms. The molecule has 6 nitrogen and oxygen atoms in total. The number of aliphatic carboxylic acids is 2. The average molecular weight is 266 g/mol. The van der Waals surface area contributed by atoms with Gasteiger partial charge in [0.2, 0.25) is 0 Å². The molecule has 2 N–H and O–H groups in total. The predicted molar refractivity (Wildman–Crippen MR) is 67.4 cm³/mol. The van der Waals surface area contributed by atoms with Gasteiger partial charge in [0, 0.05) is 6.08 Å². The van der Waals surface area contributed by atoms with Crippen molar-refractivity contribution in [3.8, 4) is 11.5 Å². The van der Waals surface area contributed by atoms with Crippen LogP contribution in [0.1, 0.15) is 12.5 Å². The molecule has 0 spiro atoms. The molecular weight excluding hydrogens is 252 g/mol. The highest BCUT2D eigenvalue weighted by molar-refractivity contribution is 5.85. The summed E-state index contributed by atoms with van der Waals surface area (Å²) in [5, 5.41) is 17.1. The molecule has 1 aromatic carbocycles. The number of rotatable bonds is 7. The second kappa shape index (κ2) is 7.05. The lowest BCUT2D eigenvalue weighted by molar-refractivity contribution is -0.139. The summed E-state index contributed by atoms with van der Waals surface area (Å²) >= 11 is 0. The zero-order valence-corrected chi connectivity index (χ0v) is 10.3. The Morgan fingerprint density at radius 3 is 2.53 bits per heavy atom. The molecule has 0 fully saturated rings. The van der Waals surface area contributed by atoms with Crippen molar-refractivity contribution < 1.29 is 29.3 Å². The molecule has 1 rings (SSSR count). The molecule has 19 heavy (non-hydrogen) atoms. The summed E-state index contributed by atoms with van der Waals surface area (Å²) in [7, 11) is 0. The second-order valence-corrected chi connectivity index (χ2v) is 3.49. The van der Waals surface area contributed by atoms with Crippen LogP contribution in [0.5, 0.6) is 11.5 Å². The fourth-order valence-electron chi connectivity index (χ4n) is 1.32. The van der Waals surface area contributed by atoms with Crippen LogP contribution in [0.15, 0.2) is 24.3 Å². The first-order valence-corrected chi connectivity index (χ1v) is 5.55. The molecule has 0 saturated heterocycles. The smallest absolute Gasteiger partial charge is 0.341 e. The molecule has 0 atom stereocenters. The third kappa shape index (κ3) is 5.12. The molecule has 0 radical (unpaired) electrons. The lowest BCUT2D eigenvalue weighted by Gasteiger charge is -2.11. The number of carboxylic acid groups (broad SMARTS) is 2. The number of carboxylic acids is 2. The Morgan fingerprint density at radius 1 is 1.21 bits per heavy atom. The highest BCUT2D eigenvalue weighted by Gasteiger charge is 2.07. The van der Waals surface area contributed by atoms with Gasteiger partial charge in [-0.3, -0.25) is 0 Å². The Morgan fingerprint density at radius 2 is 1.95 bits per heavy atom. The van der Waals surface area contributed by atoms with Crippen molar-refractivity contribution in [2.45, 2.75) is 6.92 Å². The summed E-state index contributed by atoms with van der Waals surface area (Å²) in [6.45, 7) is 1.70. The van der Waals surface area contributed by atoms with Crippen LogP contribution < -0.4 is 9.47 Å². The van der Waals surface area contributed by atoms with Gasteiger partial charge in [0.25, 0.3) is 0 Å². The Balaban J connectivity index is 2.93. The van der Waals surface area contributed by atoms with E-state index in [1.54, 1.807) is 19.1 Å². The van der Waals surface area contributed by atoms with Crippen LogP contribution in [0.25, 0.3) is 6.08 Å². The van der Waals surface area contributed by atoms with Gasteiger partial charge >= 0.3 is 11.9 Å². The molecule has 102 valence electrons. The molecule has 0 aliphatic carbocycles. The van der Waals surface area contributed by atoms with Gasteiger partial charge in [-0.25, -0.2) is 9.59 Å². The van der Waals surface area contributed by atoms with E-state index in [1.165, 1.54) is 12.1 Å². The van der Waals surface area contributed by atoms with Crippen LogP contribution in [0.2, 0.25) is 0 Å². The molecule has 0 bridgehead atoms. The summed E-state index contributed by atoms with van der Waals surface area (Å²) in [6, 6.07) is 4.73. The Labute approximate surface area is 109 Å². The topological polar surface area (TPSA) is 93.1 Å². The maximum atomic E-state index is 10.4. The molecule has 0 unspecified atom stereocenters. The SMILES string of the molecule is CCOc1cc(C=CC(=O)O)ccc1OCC(=O)O. The molecule has 0 aliphatic rings. The van der Waals surface area contributed by atoms with Crippen molar-refractivity contribution in [3.05, 3.63) is 29.8 Å². The molecule has 0 saturated carbocycles. The monoisotopic (exact) mass is 266 g/mol. The number of ether oxygens (including phenoxy) is 2. The first kappa shape index (κ1) is 14.6. The predicted octanol–water partition coefficient (Wildman–Crippen LogP) is 1.65. The van der Waals surface area contributed by atoms with Crippen LogP contribution in [0, 0.1) is 0 Å². The van der Waals surface area contributed by atoms with Crippen LogP contribution in [-0.4, -0.2) is 35.4 Å². The van der Waals surface area contributed by atoms with Crippen molar-refractivity contribution in [1.29, 1.82) is 0 Å². The lowest BCUT2D eigenvalue weighted by Crippen LogP contribution is -2.10. The summed E-state index contributed by atoms with van der Waals surface area (Å²) in [4.78, 5) is 20.9. The van der Waals surface area contributed by atoms with E-state index in [1.807, 2.05) is 0 Å². The zero-order valence-electron chi connectivity index (χ0n) is 10.3. The third-order valence-electron chi connectivity index (χ3n) is 2.04. The van der Waals surface area contributed by atoms with E-state index < -0.39 is 18.5 Å². The minimum absolute atomic E-state index is 0.303. The van der Waals surface area contributed by atoms with E-state index in [2.05, 4.69) is 0 Å². The average Bonchev–Trinajstić information content (AvgIpc) is 2.35. The molecular formula is C13H14O6. The molecule has 1 aromatic rings. The van der Waals surface area contributed by atoms with Gasteiger partial charge in [0.1, 0.15) is 0 Å². The quantitative estimate of drug-likeness (QED) is 0.729. The maximum absolute atomic E-state index is 10.4. The number of hydrogen-bond donors (Lipinski definition) is 2. The molecule has 0 aromatic heterocycles. The van der Waals surface area contributed by atoms with Gasteiger partial charge in [0.15, 0.2) is 18.1 Å². The molecule has 0 amide bonds. The second-order valence-electron chi connectivity index (χ2n) is 3.49. The van der Waals surface area contributed by atoms with Crippen molar-refractivity contribution in [3.63, 3.8) is 0 Å². The van der Waals surface area contributed by atoms with Crippen molar-refractivity contribution in [2.24, 2.45) is 0 Å². The Bertz CT molecular complexity index is 492. The van der Waals surface area contributed by atoms with Gasteiger partial charge in [0.05, 0.1) is 6.61 Å². The highest BCUT2D eigenvalue weighted by atomic mass is 16.5. The number of carbonyl (C=O) groups is 2. The van der Waals surface area contributed by atoms with E-state index in [9.17, 15) is 9.59 Å². The van der Waals surface area contributed by atoms with Gasteiger partial charge < -0.3 is 19.7 Å². The Kier molecular flexibility index (Phi) is 5.40. The minimum atomic E-state index is -1.09. The van der Waals surface area contributed by atoms with Crippen LogP contribution in [-0.2, 0) is 9.59 Å². The first-order valence-electron chi connectivity index (χ1n) is 5.55. The van der Waals surface area contributed by atoms with E-state index >= 15 is 0 Å².